The number of nitrogens with one attached hydrogen (secondary N) is 4. The predicted octanol–water partition coefficient (Wildman–Crippen LogP) is 3.08. The van der Waals surface area contributed by atoms with Gasteiger partial charge in [0, 0.05) is 37.1 Å². The fourth-order valence-electron chi connectivity index (χ4n) is 3.59. The van der Waals surface area contributed by atoms with Gasteiger partial charge in [-0.15, -0.1) is 0 Å². The van der Waals surface area contributed by atoms with Crippen LogP contribution in [0.15, 0.2) is 36.5 Å². The lowest BCUT2D eigenvalue weighted by Crippen LogP contribution is -2.38. The molecule has 4 rings (SSSR count). The van der Waals surface area contributed by atoms with Crippen molar-refractivity contribution in [1.82, 2.24) is 25.2 Å². The van der Waals surface area contributed by atoms with Gasteiger partial charge >= 0.3 is 6.18 Å². The van der Waals surface area contributed by atoms with Gasteiger partial charge in [-0.25, -0.2) is 4.98 Å². The average Bonchev–Trinajstić information content (AvgIpc) is 3.30. The number of fused-ring (bicyclic) bond motifs is 1. The molecule has 12 heteroatoms. The number of carbonyl (C=O) groups excluding carboxylic acids is 1. The van der Waals surface area contributed by atoms with Gasteiger partial charge in [0.2, 0.25) is 5.95 Å². The van der Waals surface area contributed by atoms with E-state index in [1.807, 2.05) is 0 Å². The second-order valence-corrected chi connectivity index (χ2v) is 7.88. The maximum absolute atomic E-state index is 12.6. The Balaban J connectivity index is 1.32. The molecule has 1 fully saturated rings. The van der Waals surface area contributed by atoms with Crippen molar-refractivity contribution in [2.45, 2.75) is 12.6 Å². The van der Waals surface area contributed by atoms with Crippen molar-refractivity contribution in [3.8, 4) is 11.4 Å². The van der Waals surface area contributed by atoms with Crippen LogP contribution in [0.25, 0.3) is 11.4 Å². The molecule has 3 aliphatic heterocycles. The lowest BCUT2D eigenvalue weighted by molar-refractivity contribution is -0.115. The summed E-state index contributed by atoms with van der Waals surface area (Å²) in [5.74, 6) is 0.518. The molecule has 3 heterocycles. The van der Waals surface area contributed by atoms with E-state index in [9.17, 15) is 18.0 Å². The molecule has 1 aromatic rings. The van der Waals surface area contributed by atoms with Gasteiger partial charge in [0.1, 0.15) is 18.2 Å². The Labute approximate surface area is 194 Å². The molecule has 3 aliphatic rings. The van der Waals surface area contributed by atoms with Crippen LogP contribution in [0.1, 0.15) is 16.8 Å². The Morgan fingerprint density at radius 2 is 1.91 bits per heavy atom. The fraction of sp³-hybridized carbons (Fsp3) is 0.409. The van der Waals surface area contributed by atoms with Crippen LogP contribution in [0.5, 0.6) is 0 Å². The minimum absolute atomic E-state index is 0.0687. The van der Waals surface area contributed by atoms with E-state index in [4.69, 9.17) is 4.74 Å². The number of hydrogen-bond acceptors (Lipinski definition) is 7. The summed E-state index contributed by atoms with van der Waals surface area (Å²) in [4.78, 5) is 26.0. The van der Waals surface area contributed by atoms with Gasteiger partial charge in [-0.1, -0.05) is 0 Å². The minimum atomic E-state index is -4.37. The standard InChI is InChI=1S/C22H26F3N7O2/c23-22(24,25)14-28-19-17-6-8-26-18(17)30-21(31-19)29-16-4-2-15(3-5-16)20(33)27-7-1-9-32-10-12-34-13-11-32/h2-6,8H,1,7,9-14H2,(H,27,33)(H3,26,28,29,30,31). The van der Waals surface area contributed by atoms with Gasteiger partial charge in [-0.05, 0) is 43.3 Å². The summed E-state index contributed by atoms with van der Waals surface area (Å²) in [6, 6.07) is 8.31. The number of nitrogens with zero attached hydrogens (tertiary/aromatic N) is 3. The molecule has 1 saturated heterocycles. The highest BCUT2D eigenvalue weighted by Crippen LogP contribution is 2.29. The number of morpholine rings is 1. The van der Waals surface area contributed by atoms with E-state index < -0.39 is 12.7 Å². The highest BCUT2D eigenvalue weighted by Gasteiger charge is 2.28. The Morgan fingerprint density at radius 1 is 1.15 bits per heavy atom. The number of amides is 1. The van der Waals surface area contributed by atoms with Gasteiger partial charge in [-0.2, -0.15) is 18.2 Å². The van der Waals surface area contributed by atoms with Crippen LogP contribution in [-0.2, 0) is 4.74 Å². The predicted molar refractivity (Wildman–Crippen MR) is 121 cm³/mol. The highest BCUT2D eigenvalue weighted by molar-refractivity contribution is 5.94. The number of hydrogen-bond donors (Lipinski definition) is 4. The van der Waals surface area contributed by atoms with Crippen molar-refractivity contribution in [3.05, 3.63) is 42.1 Å². The van der Waals surface area contributed by atoms with Gasteiger partial charge in [-0.3, -0.25) is 9.69 Å². The van der Waals surface area contributed by atoms with Gasteiger partial charge in [0.05, 0.1) is 18.8 Å². The number of aromatic nitrogens is 3. The topological polar surface area (TPSA) is 107 Å². The molecule has 34 heavy (non-hydrogen) atoms. The maximum atomic E-state index is 12.6. The van der Waals surface area contributed by atoms with E-state index in [2.05, 4.69) is 35.8 Å². The molecule has 0 radical (unpaired) electrons. The van der Waals surface area contributed by atoms with Crippen LogP contribution in [0.4, 0.5) is 30.6 Å². The first-order valence-electron chi connectivity index (χ1n) is 11.0. The van der Waals surface area contributed by atoms with E-state index in [1.165, 1.54) is 6.20 Å². The Hall–Kier alpha value is -3.38. The van der Waals surface area contributed by atoms with Crippen LogP contribution >= 0.6 is 0 Å². The van der Waals surface area contributed by atoms with Gasteiger partial charge in [0.25, 0.3) is 5.91 Å². The maximum Gasteiger partial charge on any atom is 0.405 e. The smallest absolute Gasteiger partial charge is 0.379 e. The summed E-state index contributed by atoms with van der Waals surface area (Å²) < 4.78 is 43.2. The SMILES string of the molecule is O=C(NCCCN1CCOCC1)c1ccc(Nc2nc(NCC(F)(F)F)c3ccnc-3[nH]2)cc1. The largest absolute Gasteiger partial charge is 0.405 e. The normalized spacial score (nSPS) is 14.8. The van der Waals surface area contributed by atoms with Crippen molar-refractivity contribution in [1.29, 1.82) is 0 Å². The van der Waals surface area contributed by atoms with Crippen LogP contribution in [0.3, 0.4) is 0 Å². The van der Waals surface area contributed by atoms with E-state index in [1.54, 1.807) is 30.3 Å². The summed E-state index contributed by atoms with van der Waals surface area (Å²) in [6.07, 6.45) is -2.03. The monoisotopic (exact) mass is 477 g/mol. The molecule has 0 unspecified atom stereocenters. The number of H-pyrrole nitrogens is 1. The molecule has 4 N–H and O–H groups in total. The van der Waals surface area contributed by atoms with Crippen molar-refractivity contribution in [2.75, 3.05) is 56.6 Å². The number of anilines is 3. The summed E-state index contributed by atoms with van der Waals surface area (Å²) >= 11 is 0. The molecule has 0 atom stereocenters. The molecule has 0 bridgehead atoms. The average molecular weight is 477 g/mol. The third-order valence-electron chi connectivity index (χ3n) is 5.32. The molecular formula is C22H26F3N7O2. The minimum Gasteiger partial charge on any atom is -0.379 e. The zero-order valence-corrected chi connectivity index (χ0v) is 18.4. The second kappa shape index (κ2) is 10.7. The third kappa shape index (κ3) is 6.58. The second-order valence-electron chi connectivity index (χ2n) is 7.88. The van der Waals surface area contributed by atoms with Crippen molar-refractivity contribution < 1.29 is 22.7 Å². The Kier molecular flexibility index (Phi) is 7.48. The number of ether oxygens (including phenoxy) is 1. The molecule has 0 spiro atoms. The molecule has 9 nitrogen and oxygen atoms in total. The van der Waals surface area contributed by atoms with E-state index >= 15 is 0 Å². The number of carbonyl (C=O) groups is 1. The zero-order chi connectivity index (χ0) is 24.0. The molecule has 0 aromatic heterocycles. The first-order valence-corrected chi connectivity index (χ1v) is 11.0. The summed E-state index contributed by atoms with van der Waals surface area (Å²) in [5.41, 5.74) is 1.57. The lowest BCUT2D eigenvalue weighted by Gasteiger charge is -2.26. The summed E-state index contributed by atoms with van der Waals surface area (Å²) in [6.45, 7) is 3.63. The van der Waals surface area contributed by atoms with Crippen LogP contribution < -0.4 is 16.0 Å². The van der Waals surface area contributed by atoms with Crippen molar-refractivity contribution in [2.24, 2.45) is 0 Å². The molecule has 1 aromatic carbocycles. The van der Waals surface area contributed by atoms with Crippen LogP contribution in [0.2, 0.25) is 0 Å². The third-order valence-corrected chi connectivity index (χ3v) is 5.32. The van der Waals surface area contributed by atoms with E-state index in [0.29, 0.717) is 29.2 Å². The van der Waals surface area contributed by atoms with Crippen LogP contribution in [-0.4, -0.2) is 77.9 Å². The van der Waals surface area contributed by atoms with Gasteiger partial charge in [0.15, 0.2) is 0 Å². The number of rotatable bonds is 9. The molecule has 1 amide bonds. The molecule has 0 saturated carbocycles. The number of halogens is 3. The summed E-state index contributed by atoms with van der Waals surface area (Å²) in [7, 11) is 0. The quantitative estimate of drug-likeness (QED) is 0.351. The Morgan fingerprint density at radius 3 is 2.65 bits per heavy atom. The lowest BCUT2D eigenvalue weighted by atomic mass is 10.2. The highest BCUT2D eigenvalue weighted by atomic mass is 19.4. The van der Waals surface area contributed by atoms with Crippen molar-refractivity contribution >= 4 is 23.4 Å². The fourth-order valence-corrected chi connectivity index (χ4v) is 3.59. The molecular weight excluding hydrogens is 451 g/mol. The van der Waals surface area contributed by atoms with E-state index in [-0.39, 0.29) is 17.7 Å². The number of alkyl halides is 3. The first-order chi connectivity index (χ1) is 16.4. The molecule has 0 aliphatic carbocycles. The van der Waals surface area contributed by atoms with Crippen molar-refractivity contribution in [3.63, 3.8) is 0 Å². The Bertz CT molecular complexity index is 1050. The zero-order valence-electron chi connectivity index (χ0n) is 18.4. The number of aromatic amines is 1. The number of benzene rings is 1. The molecule has 182 valence electrons. The van der Waals surface area contributed by atoms with E-state index in [0.717, 1.165) is 39.3 Å². The first kappa shape index (κ1) is 23.8. The van der Waals surface area contributed by atoms with Crippen LogP contribution in [0, 0.1) is 0 Å². The summed E-state index contributed by atoms with van der Waals surface area (Å²) in [5, 5.41) is 8.23. The van der Waals surface area contributed by atoms with Gasteiger partial charge < -0.3 is 25.7 Å².